The highest BCUT2D eigenvalue weighted by atomic mass is 35.5. The number of esters is 1. The first-order valence-corrected chi connectivity index (χ1v) is 7.65. The number of nitrogens with one attached hydrogen (secondary N) is 1. The molecule has 0 aliphatic heterocycles. The maximum atomic E-state index is 12.6. The Labute approximate surface area is 144 Å². The summed E-state index contributed by atoms with van der Waals surface area (Å²) in [6, 6.07) is 17.4. The van der Waals surface area contributed by atoms with Gasteiger partial charge >= 0.3 is 5.97 Å². The molecule has 0 radical (unpaired) electrons. The number of amides is 1. The van der Waals surface area contributed by atoms with Crippen molar-refractivity contribution in [2.24, 2.45) is 0 Å². The van der Waals surface area contributed by atoms with Crippen LogP contribution in [-0.4, -0.2) is 19.0 Å². The Balaban J connectivity index is 1.88. The number of anilines is 1. The molecule has 0 aromatic heterocycles. The third-order valence-corrected chi connectivity index (χ3v) is 4.01. The zero-order valence-electron chi connectivity index (χ0n) is 12.9. The van der Waals surface area contributed by atoms with Crippen molar-refractivity contribution in [1.29, 1.82) is 0 Å². The van der Waals surface area contributed by atoms with Crippen molar-refractivity contribution in [3.63, 3.8) is 0 Å². The lowest BCUT2D eigenvalue weighted by molar-refractivity contribution is 0.0600. The van der Waals surface area contributed by atoms with Crippen molar-refractivity contribution >= 4 is 39.9 Å². The lowest BCUT2D eigenvalue weighted by Gasteiger charge is -2.09. The van der Waals surface area contributed by atoms with Gasteiger partial charge in [-0.2, -0.15) is 0 Å². The van der Waals surface area contributed by atoms with E-state index in [0.717, 1.165) is 10.8 Å². The Morgan fingerprint density at radius 1 is 0.917 bits per heavy atom. The maximum Gasteiger partial charge on any atom is 0.337 e. The number of carbonyl (C=O) groups is 2. The van der Waals surface area contributed by atoms with Gasteiger partial charge in [0.1, 0.15) is 0 Å². The highest BCUT2D eigenvalue weighted by molar-refractivity contribution is 6.36. The Morgan fingerprint density at radius 2 is 1.58 bits per heavy atom. The maximum absolute atomic E-state index is 12.6. The lowest BCUT2D eigenvalue weighted by atomic mass is 10.0. The van der Waals surface area contributed by atoms with Crippen molar-refractivity contribution in [1.82, 2.24) is 0 Å². The van der Waals surface area contributed by atoms with Crippen molar-refractivity contribution < 1.29 is 14.3 Å². The van der Waals surface area contributed by atoms with Crippen LogP contribution in [0.5, 0.6) is 0 Å². The minimum atomic E-state index is -0.420. The fraction of sp³-hybridized carbons (Fsp3) is 0.0526. The molecule has 3 rings (SSSR count). The van der Waals surface area contributed by atoms with Crippen molar-refractivity contribution in [3.8, 4) is 0 Å². The van der Waals surface area contributed by atoms with E-state index in [1.54, 1.807) is 42.5 Å². The Bertz CT molecular complexity index is 920. The van der Waals surface area contributed by atoms with E-state index in [9.17, 15) is 9.59 Å². The molecule has 0 aliphatic carbocycles. The first-order valence-electron chi connectivity index (χ1n) is 7.27. The predicted molar refractivity (Wildman–Crippen MR) is 94.7 cm³/mol. The molecule has 3 aromatic rings. The van der Waals surface area contributed by atoms with Gasteiger partial charge < -0.3 is 10.1 Å². The predicted octanol–water partition coefficient (Wildman–Crippen LogP) is 4.53. The highest BCUT2D eigenvalue weighted by Gasteiger charge is 2.12. The van der Waals surface area contributed by atoms with Crippen LogP contribution in [0.2, 0.25) is 5.02 Å². The lowest BCUT2D eigenvalue weighted by Crippen LogP contribution is -2.12. The fourth-order valence-electron chi connectivity index (χ4n) is 2.48. The van der Waals surface area contributed by atoms with E-state index in [2.05, 4.69) is 10.1 Å². The van der Waals surface area contributed by atoms with Crippen LogP contribution in [0.25, 0.3) is 10.8 Å². The number of ether oxygens (including phenoxy) is 1. The molecule has 0 bridgehead atoms. The zero-order chi connectivity index (χ0) is 17.1. The Hall–Kier alpha value is -2.85. The Morgan fingerprint density at radius 3 is 2.29 bits per heavy atom. The molecule has 3 aromatic carbocycles. The van der Waals surface area contributed by atoms with Crippen LogP contribution >= 0.6 is 11.6 Å². The van der Waals surface area contributed by atoms with E-state index < -0.39 is 5.97 Å². The molecule has 0 spiro atoms. The van der Waals surface area contributed by atoms with Gasteiger partial charge in [-0.3, -0.25) is 4.79 Å². The average molecular weight is 340 g/mol. The minimum Gasteiger partial charge on any atom is -0.465 e. The van der Waals surface area contributed by atoms with Gasteiger partial charge in [-0.1, -0.05) is 35.9 Å². The normalized spacial score (nSPS) is 10.4. The van der Waals surface area contributed by atoms with Gasteiger partial charge in [0.2, 0.25) is 0 Å². The number of carbonyl (C=O) groups excluding carboxylic acids is 2. The molecule has 1 amide bonds. The van der Waals surface area contributed by atoms with E-state index >= 15 is 0 Å². The molecule has 120 valence electrons. The van der Waals surface area contributed by atoms with Crippen LogP contribution in [0.3, 0.4) is 0 Å². The van der Waals surface area contributed by atoms with E-state index in [4.69, 9.17) is 11.6 Å². The van der Waals surface area contributed by atoms with Crippen LogP contribution in [0.4, 0.5) is 5.69 Å². The second-order valence-corrected chi connectivity index (χ2v) is 5.57. The molecule has 4 nitrogen and oxygen atoms in total. The second-order valence-electron chi connectivity index (χ2n) is 5.16. The van der Waals surface area contributed by atoms with Crippen molar-refractivity contribution in [2.45, 2.75) is 0 Å². The summed E-state index contributed by atoms with van der Waals surface area (Å²) < 4.78 is 4.65. The summed E-state index contributed by atoms with van der Waals surface area (Å²) >= 11 is 6.18. The van der Waals surface area contributed by atoms with Gasteiger partial charge in [0.25, 0.3) is 5.91 Å². The van der Waals surface area contributed by atoms with E-state index in [1.807, 2.05) is 18.2 Å². The number of fused-ring (bicyclic) bond motifs is 1. The summed E-state index contributed by atoms with van der Waals surface area (Å²) in [5.41, 5.74) is 1.55. The largest absolute Gasteiger partial charge is 0.465 e. The number of benzene rings is 3. The topological polar surface area (TPSA) is 55.4 Å². The van der Waals surface area contributed by atoms with Crippen LogP contribution in [0.1, 0.15) is 20.7 Å². The fourth-order valence-corrected chi connectivity index (χ4v) is 2.71. The number of rotatable bonds is 3. The van der Waals surface area contributed by atoms with Crippen LogP contribution < -0.4 is 5.32 Å². The molecule has 0 aliphatic rings. The summed E-state index contributed by atoms with van der Waals surface area (Å²) in [5, 5.41) is 5.03. The van der Waals surface area contributed by atoms with Crippen LogP contribution in [0.15, 0.2) is 60.7 Å². The first-order chi connectivity index (χ1) is 11.6. The summed E-state index contributed by atoms with van der Waals surface area (Å²) in [4.78, 5) is 24.0. The minimum absolute atomic E-state index is 0.242. The van der Waals surface area contributed by atoms with E-state index in [1.165, 1.54) is 7.11 Å². The number of methoxy groups -OCH3 is 1. The third kappa shape index (κ3) is 3.09. The number of hydrogen-bond donors (Lipinski definition) is 1. The zero-order valence-corrected chi connectivity index (χ0v) is 13.6. The monoisotopic (exact) mass is 339 g/mol. The molecule has 0 saturated carbocycles. The van der Waals surface area contributed by atoms with E-state index in [0.29, 0.717) is 21.8 Å². The average Bonchev–Trinajstić information content (AvgIpc) is 2.61. The van der Waals surface area contributed by atoms with Gasteiger partial charge in [-0.05, 0) is 41.8 Å². The second kappa shape index (κ2) is 6.72. The van der Waals surface area contributed by atoms with Crippen molar-refractivity contribution in [3.05, 3.63) is 76.8 Å². The quantitative estimate of drug-likeness (QED) is 0.713. The molecular formula is C19H14ClNO3. The van der Waals surface area contributed by atoms with Gasteiger partial charge in [0.05, 0.1) is 12.7 Å². The molecule has 1 N–H and O–H groups in total. The molecule has 0 heterocycles. The molecule has 5 heteroatoms. The standard InChI is InChI=1S/C19H14ClNO3/c1-24-19(23)12-8-10-13(11-9-12)21-18(22)16-6-2-5-15-14(16)4-3-7-17(15)20/h2-11H,1H3,(H,21,22). The smallest absolute Gasteiger partial charge is 0.337 e. The SMILES string of the molecule is COC(=O)c1ccc(NC(=O)c2cccc3c(Cl)cccc23)cc1. The Kier molecular flexibility index (Phi) is 4.49. The molecule has 0 saturated heterocycles. The van der Waals surface area contributed by atoms with Crippen LogP contribution in [0, 0.1) is 0 Å². The molecule has 0 unspecified atom stereocenters. The number of halogens is 1. The highest BCUT2D eigenvalue weighted by Crippen LogP contribution is 2.26. The molecule has 24 heavy (non-hydrogen) atoms. The molecule has 0 atom stereocenters. The van der Waals surface area contributed by atoms with E-state index in [-0.39, 0.29) is 5.91 Å². The summed E-state index contributed by atoms with van der Waals surface area (Å²) in [6.45, 7) is 0. The van der Waals surface area contributed by atoms with Crippen molar-refractivity contribution in [2.75, 3.05) is 12.4 Å². The summed E-state index contributed by atoms with van der Waals surface area (Å²) in [7, 11) is 1.32. The first kappa shape index (κ1) is 16.0. The third-order valence-electron chi connectivity index (χ3n) is 3.68. The number of hydrogen-bond acceptors (Lipinski definition) is 3. The van der Waals surface area contributed by atoms with Gasteiger partial charge in [-0.25, -0.2) is 4.79 Å². The van der Waals surface area contributed by atoms with Crippen LogP contribution in [-0.2, 0) is 4.74 Å². The van der Waals surface area contributed by atoms with Gasteiger partial charge in [0, 0.05) is 21.7 Å². The van der Waals surface area contributed by atoms with Gasteiger partial charge in [-0.15, -0.1) is 0 Å². The molecule has 0 fully saturated rings. The van der Waals surface area contributed by atoms with Gasteiger partial charge in [0.15, 0.2) is 0 Å². The summed E-state index contributed by atoms with van der Waals surface area (Å²) in [6.07, 6.45) is 0. The molecular weight excluding hydrogens is 326 g/mol. The summed E-state index contributed by atoms with van der Waals surface area (Å²) in [5.74, 6) is -0.662.